The largest absolute Gasteiger partial charge is 0.300 e. The van der Waals surface area contributed by atoms with E-state index < -0.39 is 0 Å². The van der Waals surface area contributed by atoms with Crippen LogP contribution in [0.25, 0.3) is 0 Å². The molecular weight excluding hydrogens is 220 g/mol. The van der Waals surface area contributed by atoms with Crippen LogP contribution in [0.3, 0.4) is 0 Å². The molecule has 1 fully saturated rings. The summed E-state index contributed by atoms with van der Waals surface area (Å²) in [6.07, 6.45) is 18.3. The van der Waals surface area contributed by atoms with Crippen LogP contribution in [0.15, 0.2) is 0 Å². The zero-order valence-corrected chi connectivity index (χ0v) is 12.4. The fourth-order valence-corrected chi connectivity index (χ4v) is 3.06. The first-order valence-corrected chi connectivity index (χ1v) is 8.34. The first-order valence-electron chi connectivity index (χ1n) is 8.34. The van der Waals surface area contributed by atoms with E-state index in [4.69, 9.17) is 0 Å². The Labute approximate surface area is 114 Å². The molecule has 0 saturated heterocycles. The number of hydrogen-bond acceptors (Lipinski definition) is 1. The van der Waals surface area contributed by atoms with E-state index >= 15 is 0 Å². The number of carbonyl (C=O) groups is 1. The van der Waals surface area contributed by atoms with Crippen LogP contribution < -0.4 is 0 Å². The molecule has 0 bridgehead atoms. The summed E-state index contributed by atoms with van der Waals surface area (Å²) in [5.41, 5.74) is 0. The van der Waals surface area contributed by atoms with Gasteiger partial charge >= 0.3 is 0 Å². The Kier molecular flexibility index (Phi) is 9.24. The molecule has 0 amide bonds. The van der Waals surface area contributed by atoms with Gasteiger partial charge in [0.05, 0.1) is 0 Å². The van der Waals surface area contributed by atoms with Crippen molar-refractivity contribution in [2.75, 3.05) is 0 Å². The van der Waals surface area contributed by atoms with Crippen molar-refractivity contribution in [3.63, 3.8) is 0 Å². The lowest BCUT2D eigenvalue weighted by Gasteiger charge is -2.07. The van der Waals surface area contributed by atoms with Crippen molar-refractivity contribution in [2.24, 2.45) is 5.92 Å². The Bertz CT molecular complexity index is 210. The first kappa shape index (κ1) is 15.7. The summed E-state index contributed by atoms with van der Waals surface area (Å²) in [4.78, 5) is 11.1. The van der Waals surface area contributed by atoms with Crippen molar-refractivity contribution in [3.05, 3.63) is 0 Å². The maximum absolute atomic E-state index is 11.1. The molecule has 0 aromatic carbocycles. The topological polar surface area (TPSA) is 17.1 Å². The van der Waals surface area contributed by atoms with Crippen molar-refractivity contribution in [2.45, 2.75) is 96.8 Å². The predicted molar refractivity (Wildman–Crippen MR) is 78.8 cm³/mol. The Morgan fingerprint density at radius 2 is 1.44 bits per heavy atom. The second-order valence-electron chi connectivity index (χ2n) is 6.12. The Balaban J connectivity index is 1.75. The molecule has 0 aromatic heterocycles. The third-order valence-electron chi connectivity index (χ3n) is 4.31. The molecule has 106 valence electrons. The molecule has 0 radical (unpaired) electrons. The molecule has 0 spiro atoms. The van der Waals surface area contributed by atoms with Crippen molar-refractivity contribution in [1.29, 1.82) is 0 Å². The van der Waals surface area contributed by atoms with Gasteiger partial charge in [0.2, 0.25) is 0 Å². The van der Waals surface area contributed by atoms with Crippen molar-refractivity contribution < 1.29 is 4.79 Å². The van der Waals surface area contributed by atoms with Gasteiger partial charge in [-0.1, -0.05) is 77.6 Å². The SMILES string of the molecule is CCCCCCCCCCCCC1CCC(=O)C1. The lowest BCUT2D eigenvalue weighted by molar-refractivity contribution is -0.117. The van der Waals surface area contributed by atoms with Gasteiger partial charge in [0.15, 0.2) is 0 Å². The van der Waals surface area contributed by atoms with Crippen LogP contribution in [0.2, 0.25) is 0 Å². The normalized spacial score (nSPS) is 19.6. The number of rotatable bonds is 11. The number of ketones is 1. The smallest absolute Gasteiger partial charge is 0.133 e. The molecule has 18 heavy (non-hydrogen) atoms. The summed E-state index contributed by atoms with van der Waals surface area (Å²) in [5, 5.41) is 0. The van der Waals surface area contributed by atoms with Crippen LogP contribution >= 0.6 is 0 Å². The van der Waals surface area contributed by atoms with Crippen LogP contribution in [0, 0.1) is 5.92 Å². The minimum atomic E-state index is 0.507. The molecule has 0 aromatic rings. The van der Waals surface area contributed by atoms with E-state index in [1.807, 2.05) is 0 Å². The number of unbranched alkanes of at least 4 members (excludes halogenated alkanes) is 9. The Morgan fingerprint density at radius 1 is 0.889 bits per heavy atom. The average molecular weight is 252 g/mol. The quantitative estimate of drug-likeness (QED) is 0.433. The fraction of sp³-hybridized carbons (Fsp3) is 0.941. The Morgan fingerprint density at radius 3 is 1.94 bits per heavy atom. The van der Waals surface area contributed by atoms with Gasteiger partial charge in [0.25, 0.3) is 0 Å². The van der Waals surface area contributed by atoms with Gasteiger partial charge in [-0.2, -0.15) is 0 Å². The van der Waals surface area contributed by atoms with Gasteiger partial charge in [-0.25, -0.2) is 0 Å². The standard InChI is InChI=1S/C17H32O/c1-2-3-4-5-6-7-8-9-10-11-12-16-13-14-17(18)15-16/h16H,2-15H2,1H3. The van der Waals surface area contributed by atoms with Gasteiger partial charge in [-0.3, -0.25) is 4.79 Å². The first-order chi connectivity index (χ1) is 8.83. The number of Topliss-reactive ketones (excluding diaryl/α,β-unsaturated/α-hetero) is 1. The maximum atomic E-state index is 11.1. The Hall–Kier alpha value is -0.330. The second kappa shape index (κ2) is 10.6. The van der Waals surface area contributed by atoms with E-state index in [2.05, 4.69) is 6.92 Å². The molecule has 1 saturated carbocycles. The van der Waals surface area contributed by atoms with Gasteiger partial charge in [-0.05, 0) is 12.3 Å². The predicted octanol–water partition coefficient (Wildman–Crippen LogP) is 5.67. The van der Waals surface area contributed by atoms with E-state index in [1.165, 1.54) is 77.0 Å². The van der Waals surface area contributed by atoms with Crippen molar-refractivity contribution in [3.8, 4) is 0 Å². The third kappa shape index (κ3) is 7.89. The van der Waals surface area contributed by atoms with Gasteiger partial charge in [0.1, 0.15) is 5.78 Å². The zero-order chi connectivity index (χ0) is 13.1. The maximum Gasteiger partial charge on any atom is 0.133 e. The second-order valence-corrected chi connectivity index (χ2v) is 6.12. The molecule has 1 atom stereocenters. The van der Waals surface area contributed by atoms with E-state index in [0.29, 0.717) is 5.78 Å². The van der Waals surface area contributed by atoms with Gasteiger partial charge < -0.3 is 0 Å². The average Bonchev–Trinajstić information content (AvgIpc) is 2.77. The van der Waals surface area contributed by atoms with Crippen molar-refractivity contribution in [1.82, 2.24) is 0 Å². The summed E-state index contributed by atoms with van der Waals surface area (Å²) >= 11 is 0. The molecule has 0 aliphatic heterocycles. The molecule has 1 unspecified atom stereocenters. The highest BCUT2D eigenvalue weighted by Crippen LogP contribution is 2.27. The van der Waals surface area contributed by atoms with Gasteiger partial charge in [0, 0.05) is 12.8 Å². The van der Waals surface area contributed by atoms with Crippen LogP contribution in [0.1, 0.15) is 96.8 Å². The minimum Gasteiger partial charge on any atom is -0.300 e. The summed E-state index contributed by atoms with van der Waals surface area (Å²) in [6, 6.07) is 0. The highest BCUT2D eigenvalue weighted by molar-refractivity contribution is 5.80. The summed E-state index contributed by atoms with van der Waals surface area (Å²) in [5.74, 6) is 1.25. The number of carbonyl (C=O) groups excluding carboxylic acids is 1. The van der Waals surface area contributed by atoms with Crippen LogP contribution in [-0.2, 0) is 4.79 Å². The molecule has 1 rings (SSSR count). The molecule has 1 heteroatoms. The fourth-order valence-electron chi connectivity index (χ4n) is 3.06. The van der Waals surface area contributed by atoms with Crippen LogP contribution in [-0.4, -0.2) is 5.78 Å². The van der Waals surface area contributed by atoms with Crippen LogP contribution in [0.5, 0.6) is 0 Å². The van der Waals surface area contributed by atoms with E-state index in [-0.39, 0.29) is 0 Å². The molecular formula is C17H32O. The minimum absolute atomic E-state index is 0.507. The monoisotopic (exact) mass is 252 g/mol. The van der Waals surface area contributed by atoms with Crippen molar-refractivity contribution >= 4 is 5.78 Å². The zero-order valence-electron chi connectivity index (χ0n) is 12.4. The number of hydrogen-bond donors (Lipinski definition) is 0. The molecule has 1 nitrogen and oxygen atoms in total. The van der Waals surface area contributed by atoms with E-state index in [0.717, 1.165) is 18.8 Å². The van der Waals surface area contributed by atoms with Crippen LogP contribution in [0.4, 0.5) is 0 Å². The third-order valence-corrected chi connectivity index (χ3v) is 4.31. The van der Waals surface area contributed by atoms with E-state index in [1.54, 1.807) is 0 Å². The molecule has 1 aliphatic carbocycles. The summed E-state index contributed by atoms with van der Waals surface area (Å²) < 4.78 is 0. The van der Waals surface area contributed by atoms with E-state index in [9.17, 15) is 4.79 Å². The summed E-state index contributed by atoms with van der Waals surface area (Å²) in [7, 11) is 0. The van der Waals surface area contributed by atoms with Gasteiger partial charge in [-0.15, -0.1) is 0 Å². The highest BCUT2D eigenvalue weighted by Gasteiger charge is 2.20. The molecule has 0 heterocycles. The lowest BCUT2D eigenvalue weighted by Crippen LogP contribution is -1.95. The molecule has 1 aliphatic rings. The lowest BCUT2D eigenvalue weighted by atomic mass is 9.99. The highest BCUT2D eigenvalue weighted by atomic mass is 16.1. The molecule has 0 N–H and O–H groups in total. The summed E-state index contributed by atoms with van der Waals surface area (Å²) in [6.45, 7) is 2.28.